The van der Waals surface area contributed by atoms with Crippen molar-refractivity contribution in [3.63, 3.8) is 0 Å². The predicted molar refractivity (Wildman–Crippen MR) is 128 cm³/mol. The second-order valence-electron chi connectivity index (χ2n) is 7.16. The lowest BCUT2D eigenvalue weighted by Gasteiger charge is -2.23. The molecule has 1 aliphatic heterocycles. The smallest absolute Gasteiger partial charge is 0.265 e. The molecule has 33 heavy (non-hydrogen) atoms. The van der Waals surface area contributed by atoms with Crippen molar-refractivity contribution in [1.82, 2.24) is 4.98 Å². The molecule has 170 valence electrons. The van der Waals surface area contributed by atoms with E-state index < -0.39 is 6.10 Å². The van der Waals surface area contributed by atoms with E-state index in [1.165, 1.54) is 17.4 Å². The van der Waals surface area contributed by atoms with Gasteiger partial charge in [-0.15, -0.1) is 11.3 Å². The van der Waals surface area contributed by atoms with Gasteiger partial charge >= 0.3 is 0 Å². The van der Waals surface area contributed by atoms with Crippen LogP contribution in [0.5, 0.6) is 17.2 Å². The van der Waals surface area contributed by atoms with E-state index in [9.17, 15) is 9.59 Å². The maximum atomic E-state index is 12.4. The van der Waals surface area contributed by atoms with E-state index in [1.54, 1.807) is 44.4 Å². The third-order valence-electron chi connectivity index (χ3n) is 4.86. The van der Waals surface area contributed by atoms with Gasteiger partial charge in [-0.1, -0.05) is 6.07 Å². The molecule has 0 saturated carbocycles. The Labute approximate surface area is 195 Å². The van der Waals surface area contributed by atoms with Crippen molar-refractivity contribution in [2.75, 3.05) is 24.4 Å². The largest absolute Gasteiger partial charge is 0.493 e. The first-order valence-corrected chi connectivity index (χ1v) is 11.2. The van der Waals surface area contributed by atoms with Crippen LogP contribution in [0.15, 0.2) is 47.9 Å². The zero-order chi connectivity index (χ0) is 23.4. The van der Waals surface area contributed by atoms with Gasteiger partial charge in [-0.25, -0.2) is 4.98 Å². The number of fused-ring (bicyclic) bond motifs is 1. The fourth-order valence-electron chi connectivity index (χ4n) is 3.21. The third-order valence-corrected chi connectivity index (χ3v) is 5.61. The molecular formula is C24H23N3O5S. The van der Waals surface area contributed by atoms with Crippen molar-refractivity contribution < 1.29 is 23.8 Å². The number of nitrogens with zero attached hydrogens (tertiary/aromatic N) is 1. The molecule has 4 rings (SSSR count). The van der Waals surface area contributed by atoms with Crippen molar-refractivity contribution >= 4 is 40.0 Å². The standard InChI is InChI=1S/C24H23N3O5S/c1-4-31-20-8-5-15(11-21(20)30-3)6-10-22(28)27-24-26-18(13-33-24)16-7-9-19-17(12-16)25-23(29)14(2)32-19/h5-14H,4H2,1-3H3,(H,25,29)(H,26,27,28). The van der Waals surface area contributed by atoms with Crippen molar-refractivity contribution in [3.05, 3.63) is 53.4 Å². The number of ether oxygens (including phenoxy) is 3. The topological polar surface area (TPSA) is 98.8 Å². The molecule has 0 fully saturated rings. The Morgan fingerprint density at radius 2 is 2.12 bits per heavy atom. The lowest BCUT2D eigenvalue weighted by atomic mass is 10.1. The third kappa shape index (κ3) is 5.15. The quantitative estimate of drug-likeness (QED) is 0.495. The van der Waals surface area contributed by atoms with Gasteiger partial charge in [-0.05, 0) is 55.8 Å². The molecule has 2 amide bonds. The Bertz CT molecular complexity index is 1220. The molecule has 8 nitrogen and oxygen atoms in total. The second kappa shape index (κ2) is 9.74. The molecule has 1 atom stereocenters. The van der Waals surface area contributed by atoms with Crippen LogP contribution in [-0.2, 0) is 9.59 Å². The highest BCUT2D eigenvalue weighted by Crippen LogP contribution is 2.35. The Balaban J connectivity index is 1.42. The summed E-state index contributed by atoms with van der Waals surface area (Å²) < 4.78 is 16.4. The first-order chi connectivity index (χ1) is 16.0. The lowest BCUT2D eigenvalue weighted by molar-refractivity contribution is -0.122. The number of carbonyl (C=O) groups excluding carboxylic acids is 2. The van der Waals surface area contributed by atoms with Crippen LogP contribution in [0.1, 0.15) is 19.4 Å². The van der Waals surface area contributed by atoms with Gasteiger partial charge in [-0.3, -0.25) is 14.9 Å². The lowest BCUT2D eigenvalue weighted by Crippen LogP contribution is -2.34. The Hall–Kier alpha value is -3.85. The maximum Gasteiger partial charge on any atom is 0.265 e. The van der Waals surface area contributed by atoms with Crippen molar-refractivity contribution in [3.8, 4) is 28.5 Å². The van der Waals surface area contributed by atoms with E-state index in [0.717, 1.165) is 11.1 Å². The number of benzene rings is 2. The molecule has 0 radical (unpaired) electrons. The van der Waals surface area contributed by atoms with E-state index in [1.807, 2.05) is 24.4 Å². The average Bonchev–Trinajstić information content (AvgIpc) is 3.27. The molecule has 1 unspecified atom stereocenters. The van der Waals surface area contributed by atoms with Gasteiger partial charge in [0.05, 0.1) is 25.1 Å². The Morgan fingerprint density at radius 3 is 2.91 bits per heavy atom. The number of hydrogen-bond donors (Lipinski definition) is 2. The molecule has 0 bridgehead atoms. The van der Waals surface area contributed by atoms with Crippen LogP contribution < -0.4 is 24.8 Å². The van der Waals surface area contributed by atoms with Gasteiger partial charge in [0.25, 0.3) is 5.91 Å². The van der Waals surface area contributed by atoms with Crippen LogP contribution in [0.4, 0.5) is 10.8 Å². The summed E-state index contributed by atoms with van der Waals surface area (Å²) in [6.45, 7) is 4.14. The van der Waals surface area contributed by atoms with Crippen LogP contribution >= 0.6 is 11.3 Å². The molecule has 2 aromatic carbocycles. The number of amides is 2. The molecule has 1 aromatic heterocycles. The molecule has 2 heterocycles. The minimum Gasteiger partial charge on any atom is -0.493 e. The van der Waals surface area contributed by atoms with Gasteiger partial charge in [0, 0.05) is 17.0 Å². The van der Waals surface area contributed by atoms with Crippen LogP contribution in [0.25, 0.3) is 17.3 Å². The van der Waals surface area contributed by atoms with Gasteiger partial charge in [0.2, 0.25) is 5.91 Å². The highest BCUT2D eigenvalue weighted by Gasteiger charge is 2.23. The predicted octanol–water partition coefficient (Wildman–Crippen LogP) is 4.59. The Kier molecular flexibility index (Phi) is 6.60. The van der Waals surface area contributed by atoms with Gasteiger partial charge in [0.15, 0.2) is 22.7 Å². The summed E-state index contributed by atoms with van der Waals surface area (Å²) in [5, 5.41) is 7.90. The van der Waals surface area contributed by atoms with Crippen LogP contribution in [0, 0.1) is 0 Å². The first kappa shape index (κ1) is 22.3. The molecule has 3 aromatic rings. The minimum atomic E-state index is -0.527. The number of rotatable bonds is 7. The Morgan fingerprint density at radius 1 is 1.27 bits per heavy atom. The van der Waals surface area contributed by atoms with E-state index in [4.69, 9.17) is 14.2 Å². The van der Waals surface area contributed by atoms with Gasteiger partial charge in [0.1, 0.15) is 5.75 Å². The maximum absolute atomic E-state index is 12.4. The fraction of sp³-hybridized carbons (Fsp3) is 0.208. The number of anilines is 2. The number of nitrogens with one attached hydrogen (secondary N) is 2. The summed E-state index contributed by atoms with van der Waals surface area (Å²) in [4.78, 5) is 28.7. The van der Waals surface area contributed by atoms with E-state index in [0.29, 0.717) is 40.4 Å². The molecule has 9 heteroatoms. The minimum absolute atomic E-state index is 0.192. The summed E-state index contributed by atoms with van der Waals surface area (Å²) in [6, 6.07) is 10.9. The van der Waals surface area contributed by atoms with E-state index in [2.05, 4.69) is 15.6 Å². The molecule has 2 N–H and O–H groups in total. The first-order valence-electron chi connectivity index (χ1n) is 10.3. The fourth-order valence-corrected chi connectivity index (χ4v) is 3.94. The molecule has 1 aliphatic rings. The molecule has 0 saturated heterocycles. The summed E-state index contributed by atoms with van der Waals surface area (Å²) in [5.41, 5.74) is 2.90. The zero-order valence-electron chi connectivity index (χ0n) is 18.4. The number of thiazole rings is 1. The molecule has 0 spiro atoms. The van der Waals surface area contributed by atoms with Crippen LogP contribution in [0.2, 0.25) is 0 Å². The van der Waals surface area contributed by atoms with E-state index >= 15 is 0 Å². The molecular weight excluding hydrogens is 442 g/mol. The van der Waals surface area contributed by atoms with E-state index in [-0.39, 0.29) is 11.8 Å². The SMILES string of the molecule is CCOc1ccc(C=CC(=O)Nc2nc(-c3ccc4c(c3)NC(=O)C(C)O4)cs2)cc1OC. The van der Waals surface area contributed by atoms with Crippen molar-refractivity contribution in [1.29, 1.82) is 0 Å². The number of carbonyl (C=O) groups is 2. The average molecular weight is 466 g/mol. The number of aromatic nitrogens is 1. The number of hydrogen-bond acceptors (Lipinski definition) is 7. The summed E-state index contributed by atoms with van der Waals surface area (Å²) in [7, 11) is 1.57. The van der Waals surface area contributed by atoms with Crippen LogP contribution in [0.3, 0.4) is 0 Å². The van der Waals surface area contributed by atoms with Crippen molar-refractivity contribution in [2.45, 2.75) is 20.0 Å². The van der Waals surface area contributed by atoms with Crippen molar-refractivity contribution in [2.24, 2.45) is 0 Å². The summed E-state index contributed by atoms with van der Waals surface area (Å²) in [6.07, 6.45) is 2.60. The normalized spacial score (nSPS) is 14.9. The summed E-state index contributed by atoms with van der Waals surface area (Å²) in [5.74, 6) is 1.38. The second-order valence-corrected chi connectivity index (χ2v) is 8.02. The summed E-state index contributed by atoms with van der Waals surface area (Å²) >= 11 is 1.31. The number of methoxy groups -OCH3 is 1. The monoisotopic (exact) mass is 465 g/mol. The van der Waals surface area contributed by atoms with Gasteiger partial charge < -0.3 is 19.5 Å². The van der Waals surface area contributed by atoms with Crippen LogP contribution in [-0.4, -0.2) is 36.6 Å². The highest BCUT2D eigenvalue weighted by atomic mass is 32.1. The molecule has 0 aliphatic carbocycles. The van der Waals surface area contributed by atoms with Gasteiger partial charge in [-0.2, -0.15) is 0 Å². The zero-order valence-corrected chi connectivity index (χ0v) is 19.2. The highest BCUT2D eigenvalue weighted by molar-refractivity contribution is 7.14.